The Hall–Kier alpha value is -0.0800. The van der Waals surface area contributed by atoms with Gasteiger partial charge >= 0.3 is 0 Å². The average Bonchev–Trinajstić information content (AvgIpc) is 2.73. The van der Waals surface area contributed by atoms with Gasteiger partial charge in [0.15, 0.2) is 0 Å². The van der Waals surface area contributed by atoms with E-state index in [1.165, 1.54) is 51.6 Å². The van der Waals surface area contributed by atoms with Crippen LogP contribution in [0.25, 0.3) is 0 Å². The van der Waals surface area contributed by atoms with Crippen molar-refractivity contribution in [2.75, 3.05) is 19.6 Å². The molecule has 1 heterocycles. The van der Waals surface area contributed by atoms with Crippen LogP contribution in [0, 0.1) is 0 Å². The summed E-state index contributed by atoms with van der Waals surface area (Å²) >= 11 is 0. The van der Waals surface area contributed by atoms with Crippen LogP contribution in [-0.4, -0.2) is 36.6 Å². The second kappa shape index (κ2) is 8.08. The lowest BCUT2D eigenvalue weighted by Gasteiger charge is -2.27. The van der Waals surface area contributed by atoms with E-state index >= 15 is 0 Å². The number of nitrogens with zero attached hydrogens (tertiary/aromatic N) is 1. The van der Waals surface area contributed by atoms with Crippen LogP contribution in [0.15, 0.2) is 0 Å². The molecule has 2 nitrogen and oxygen atoms in total. The Morgan fingerprint density at radius 2 is 2.00 bits per heavy atom. The molecule has 1 aliphatic rings. The monoisotopic (exact) mass is 226 g/mol. The van der Waals surface area contributed by atoms with Crippen LogP contribution in [0.1, 0.15) is 59.3 Å². The van der Waals surface area contributed by atoms with Crippen LogP contribution in [0.5, 0.6) is 0 Å². The standard InChI is InChI=1S/C14H30N2/c1-4-7-9-14(8-5-2)16-11-10-13(12-16)15-6-3/h13-15H,4-12H2,1-3H3. The Bertz CT molecular complexity index is 170. The Balaban J connectivity index is 2.33. The Morgan fingerprint density at radius 3 is 2.62 bits per heavy atom. The highest BCUT2D eigenvalue weighted by molar-refractivity contribution is 4.85. The lowest BCUT2D eigenvalue weighted by Crippen LogP contribution is -2.37. The van der Waals surface area contributed by atoms with Gasteiger partial charge in [0.25, 0.3) is 0 Å². The third-order valence-electron chi connectivity index (χ3n) is 3.74. The van der Waals surface area contributed by atoms with Gasteiger partial charge in [0.2, 0.25) is 0 Å². The normalized spacial score (nSPS) is 23.8. The molecule has 0 bridgehead atoms. The predicted octanol–water partition coefficient (Wildman–Crippen LogP) is 3.03. The number of likely N-dealkylation sites (N-methyl/N-ethyl adjacent to an activating group) is 1. The van der Waals surface area contributed by atoms with Gasteiger partial charge in [0, 0.05) is 25.2 Å². The summed E-state index contributed by atoms with van der Waals surface area (Å²) in [6.45, 7) is 10.5. The molecule has 0 aliphatic carbocycles. The molecule has 0 aromatic rings. The van der Waals surface area contributed by atoms with Gasteiger partial charge in [0.05, 0.1) is 0 Å². The zero-order valence-electron chi connectivity index (χ0n) is 11.5. The number of hydrogen-bond acceptors (Lipinski definition) is 2. The fourth-order valence-electron chi connectivity index (χ4n) is 2.86. The molecule has 1 rings (SSSR count). The summed E-state index contributed by atoms with van der Waals surface area (Å²) in [5.74, 6) is 0. The first-order valence-electron chi connectivity index (χ1n) is 7.29. The number of nitrogens with one attached hydrogen (secondary N) is 1. The minimum Gasteiger partial charge on any atom is -0.313 e. The molecule has 0 amide bonds. The van der Waals surface area contributed by atoms with Crippen molar-refractivity contribution >= 4 is 0 Å². The van der Waals surface area contributed by atoms with E-state index < -0.39 is 0 Å². The first-order chi connectivity index (χ1) is 7.81. The molecular formula is C14H30N2. The highest BCUT2D eigenvalue weighted by atomic mass is 15.2. The van der Waals surface area contributed by atoms with Gasteiger partial charge in [-0.3, -0.25) is 4.90 Å². The summed E-state index contributed by atoms with van der Waals surface area (Å²) < 4.78 is 0. The van der Waals surface area contributed by atoms with E-state index in [4.69, 9.17) is 0 Å². The summed E-state index contributed by atoms with van der Waals surface area (Å²) in [6.07, 6.45) is 8.21. The molecule has 1 N–H and O–H groups in total. The van der Waals surface area contributed by atoms with Crippen molar-refractivity contribution in [3.8, 4) is 0 Å². The maximum atomic E-state index is 3.59. The minimum atomic E-state index is 0.756. The van der Waals surface area contributed by atoms with Crippen LogP contribution < -0.4 is 5.32 Å². The van der Waals surface area contributed by atoms with Crippen molar-refractivity contribution in [3.63, 3.8) is 0 Å². The fraction of sp³-hybridized carbons (Fsp3) is 1.00. The van der Waals surface area contributed by atoms with Gasteiger partial charge in [-0.2, -0.15) is 0 Å². The lowest BCUT2D eigenvalue weighted by atomic mass is 10.0. The summed E-state index contributed by atoms with van der Waals surface area (Å²) in [4.78, 5) is 2.73. The molecule has 1 fully saturated rings. The molecular weight excluding hydrogens is 196 g/mol. The first-order valence-corrected chi connectivity index (χ1v) is 7.29. The topological polar surface area (TPSA) is 15.3 Å². The number of hydrogen-bond donors (Lipinski definition) is 1. The minimum absolute atomic E-state index is 0.756. The summed E-state index contributed by atoms with van der Waals surface area (Å²) in [6, 6.07) is 1.61. The molecule has 1 aliphatic heterocycles. The average molecular weight is 226 g/mol. The van der Waals surface area contributed by atoms with Gasteiger partial charge in [-0.15, -0.1) is 0 Å². The molecule has 0 spiro atoms. The van der Waals surface area contributed by atoms with Crippen molar-refractivity contribution < 1.29 is 0 Å². The van der Waals surface area contributed by atoms with E-state index in [0.29, 0.717) is 0 Å². The van der Waals surface area contributed by atoms with Crippen molar-refractivity contribution in [1.82, 2.24) is 10.2 Å². The fourth-order valence-corrected chi connectivity index (χ4v) is 2.86. The van der Waals surface area contributed by atoms with Crippen LogP contribution in [0.4, 0.5) is 0 Å². The second-order valence-electron chi connectivity index (χ2n) is 5.12. The molecule has 1 saturated heterocycles. The molecule has 16 heavy (non-hydrogen) atoms. The van der Waals surface area contributed by atoms with E-state index in [0.717, 1.165) is 18.6 Å². The largest absolute Gasteiger partial charge is 0.313 e. The second-order valence-corrected chi connectivity index (χ2v) is 5.12. The van der Waals surface area contributed by atoms with Crippen LogP contribution in [0.3, 0.4) is 0 Å². The van der Waals surface area contributed by atoms with Crippen molar-refractivity contribution in [3.05, 3.63) is 0 Å². The molecule has 0 aromatic heterocycles. The van der Waals surface area contributed by atoms with E-state index in [-0.39, 0.29) is 0 Å². The van der Waals surface area contributed by atoms with Gasteiger partial charge in [-0.25, -0.2) is 0 Å². The van der Waals surface area contributed by atoms with Gasteiger partial charge in [-0.05, 0) is 25.8 Å². The van der Waals surface area contributed by atoms with E-state index in [2.05, 4.69) is 31.0 Å². The predicted molar refractivity (Wildman–Crippen MR) is 71.9 cm³/mol. The van der Waals surface area contributed by atoms with E-state index in [1.807, 2.05) is 0 Å². The van der Waals surface area contributed by atoms with Crippen molar-refractivity contribution in [2.45, 2.75) is 71.4 Å². The highest BCUT2D eigenvalue weighted by Crippen LogP contribution is 2.20. The third kappa shape index (κ3) is 4.42. The maximum absolute atomic E-state index is 3.59. The van der Waals surface area contributed by atoms with Crippen LogP contribution >= 0.6 is 0 Å². The Morgan fingerprint density at radius 1 is 1.19 bits per heavy atom. The van der Waals surface area contributed by atoms with Gasteiger partial charge < -0.3 is 5.32 Å². The maximum Gasteiger partial charge on any atom is 0.0207 e. The SMILES string of the molecule is CCCCC(CCC)N1CCC(NCC)C1. The third-order valence-corrected chi connectivity index (χ3v) is 3.74. The summed E-state index contributed by atoms with van der Waals surface area (Å²) in [5, 5.41) is 3.59. The number of unbranched alkanes of at least 4 members (excludes halogenated alkanes) is 1. The van der Waals surface area contributed by atoms with Gasteiger partial charge in [0.1, 0.15) is 0 Å². The molecule has 2 unspecified atom stereocenters. The summed E-state index contributed by atoms with van der Waals surface area (Å²) in [5.41, 5.74) is 0. The van der Waals surface area contributed by atoms with Crippen LogP contribution in [0.2, 0.25) is 0 Å². The first kappa shape index (κ1) is 14.0. The summed E-state index contributed by atoms with van der Waals surface area (Å²) in [7, 11) is 0. The molecule has 0 radical (unpaired) electrons. The molecule has 0 saturated carbocycles. The number of rotatable bonds is 8. The van der Waals surface area contributed by atoms with Crippen molar-refractivity contribution in [1.29, 1.82) is 0 Å². The Kier molecular flexibility index (Phi) is 7.06. The number of likely N-dealkylation sites (tertiary alicyclic amines) is 1. The molecule has 0 aromatic carbocycles. The molecule has 2 atom stereocenters. The zero-order chi connectivity index (χ0) is 11.8. The van der Waals surface area contributed by atoms with Gasteiger partial charge in [-0.1, -0.05) is 40.0 Å². The molecule has 96 valence electrons. The van der Waals surface area contributed by atoms with Crippen molar-refractivity contribution in [2.24, 2.45) is 0 Å². The smallest absolute Gasteiger partial charge is 0.0207 e. The highest BCUT2D eigenvalue weighted by Gasteiger charge is 2.26. The van der Waals surface area contributed by atoms with E-state index in [1.54, 1.807) is 0 Å². The lowest BCUT2D eigenvalue weighted by molar-refractivity contribution is 0.209. The zero-order valence-corrected chi connectivity index (χ0v) is 11.5. The quantitative estimate of drug-likeness (QED) is 0.684. The Labute approximate surface area is 102 Å². The molecule has 2 heteroatoms. The van der Waals surface area contributed by atoms with E-state index in [9.17, 15) is 0 Å². The van der Waals surface area contributed by atoms with Crippen LogP contribution in [-0.2, 0) is 0 Å².